The second-order valence-corrected chi connectivity index (χ2v) is 35.1. The van der Waals surface area contributed by atoms with Gasteiger partial charge >= 0.3 is 0 Å². The van der Waals surface area contributed by atoms with E-state index in [4.69, 9.17) is 0 Å². The molecule has 3 heteroatoms. The Kier molecular flexibility index (Phi) is 5.44. The molecule has 2 aromatic rings. The highest BCUT2D eigenvalue weighted by Crippen LogP contribution is 2.29. The Balaban J connectivity index is 2.73. The lowest BCUT2D eigenvalue weighted by molar-refractivity contribution is 1.49. The summed E-state index contributed by atoms with van der Waals surface area (Å²) in [5.74, 6) is 3.59. The molecule has 2 aromatic carbocycles. The molecule has 126 valence electrons. The quantitative estimate of drug-likeness (QED) is 0.525. The molecule has 0 heterocycles. The van der Waals surface area contributed by atoms with Crippen LogP contribution in [0.4, 0.5) is 0 Å². The van der Waals surface area contributed by atoms with E-state index in [0.29, 0.717) is 0 Å². The van der Waals surface area contributed by atoms with Gasteiger partial charge in [0.05, 0.1) is 15.2 Å². The van der Waals surface area contributed by atoms with Gasteiger partial charge in [0.15, 0.2) is 0 Å². The predicted octanol–water partition coefficient (Wildman–Crippen LogP) is 5.07. The SMILES string of the molecule is Cc1ccc([Si](C#Cc2ccccc2)([Si](C)(C)C)[Si](C)(C)C)cc1. The number of hydrogen-bond acceptors (Lipinski definition) is 0. The van der Waals surface area contributed by atoms with Crippen LogP contribution in [0.1, 0.15) is 11.1 Å². The van der Waals surface area contributed by atoms with Crippen molar-refractivity contribution < 1.29 is 0 Å². The van der Waals surface area contributed by atoms with Crippen LogP contribution in [0.25, 0.3) is 0 Å². The summed E-state index contributed by atoms with van der Waals surface area (Å²) < 4.78 is 0. The molecule has 0 amide bonds. The van der Waals surface area contributed by atoms with Crippen LogP contribution in [0.5, 0.6) is 0 Å². The fourth-order valence-corrected chi connectivity index (χ4v) is 45.6. The molecule has 0 nitrogen and oxygen atoms in total. The monoisotopic (exact) mass is 366 g/mol. The van der Waals surface area contributed by atoms with Crippen LogP contribution in [0.2, 0.25) is 39.3 Å². The minimum atomic E-state index is -1.86. The molecule has 0 fully saturated rings. The van der Waals surface area contributed by atoms with Crippen molar-refractivity contribution in [2.75, 3.05) is 0 Å². The summed E-state index contributed by atoms with van der Waals surface area (Å²) in [7, 11) is -4.78. The van der Waals surface area contributed by atoms with Crippen LogP contribution in [0.3, 0.4) is 0 Å². The minimum Gasteiger partial charge on any atom is -0.127 e. The molecule has 0 aliphatic rings. The molecule has 0 radical (unpaired) electrons. The van der Waals surface area contributed by atoms with Crippen molar-refractivity contribution in [2.45, 2.75) is 46.2 Å². The number of rotatable bonds is 3. The van der Waals surface area contributed by atoms with Crippen molar-refractivity contribution in [3.05, 3.63) is 65.7 Å². The summed E-state index contributed by atoms with van der Waals surface area (Å²) in [5, 5.41) is 1.56. The van der Waals surface area contributed by atoms with E-state index in [1.807, 2.05) is 0 Å². The van der Waals surface area contributed by atoms with Gasteiger partial charge in [-0.05, 0) is 19.1 Å². The minimum absolute atomic E-state index is 1.15. The van der Waals surface area contributed by atoms with Gasteiger partial charge in [-0.1, -0.05) is 98.4 Å². The van der Waals surface area contributed by atoms with Gasteiger partial charge in [-0.25, -0.2) is 0 Å². The van der Waals surface area contributed by atoms with Gasteiger partial charge in [-0.3, -0.25) is 0 Å². The van der Waals surface area contributed by atoms with Crippen LogP contribution in [-0.2, 0) is 0 Å². The lowest BCUT2D eigenvalue weighted by Gasteiger charge is -2.46. The zero-order valence-corrected chi connectivity index (χ0v) is 19.2. The van der Waals surface area contributed by atoms with Crippen molar-refractivity contribution in [1.29, 1.82) is 0 Å². The van der Waals surface area contributed by atoms with Crippen molar-refractivity contribution in [3.63, 3.8) is 0 Å². The first kappa shape index (κ1) is 19.0. The Morgan fingerprint density at radius 3 is 1.62 bits per heavy atom. The highest BCUT2D eigenvalue weighted by Gasteiger charge is 2.55. The second-order valence-electron chi connectivity index (χ2n) is 8.73. The third kappa shape index (κ3) is 3.66. The molecule has 0 spiro atoms. The highest BCUT2D eigenvalue weighted by atomic mass is 29.6. The molecule has 24 heavy (non-hydrogen) atoms. The van der Waals surface area contributed by atoms with Gasteiger partial charge in [-0.15, -0.1) is 5.54 Å². The molecule has 0 saturated heterocycles. The number of hydrogen-bond donors (Lipinski definition) is 0. The smallest absolute Gasteiger partial charge is 0.127 e. The average Bonchev–Trinajstić information content (AvgIpc) is 2.48. The Bertz CT molecular complexity index is 722. The van der Waals surface area contributed by atoms with Gasteiger partial charge in [0.1, 0.15) is 7.11 Å². The molecular formula is C21H30Si3. The Hall–Kier alpha value is -1.35. The normalized spacial score (nSPS) is 12.5. The summed E-state index contributed by atoms with van der Waals surface area (Å²) >= 11 is 0. The summed E-state index contributed by atoms with van der Waals surface area (Å²) in [6.45, 7) is 17.4. The molecule has 0 unspecified atom stereocenters. The summed E-state index contributed by atoms with van der Waals surface area (Å²) in [6, 6.07) is 19.8. The first-order valence-corrected chi connectivity index (χ1v) is 19.7. The van der Waals surface area contributed by atoms with E-state index in [2.05, 4.69) is 112 Å². The van der Waals surface area contributed by atoms with Crippen LogP contribution >= 0.6 is 0 Å². The van der Waals surface area contributed by atoms with Crippen LogP contribution in [0.15, 0.2) is 54.6 Å². The molecule has 2 rings (SSSR count). The van der Waals surface area contributed by atoms with Gasteiger partial charge in [-0.2, -0.15) is 0 Å². The molecular weight excluding hydrogens is 336 g/mol. The first-order valence-electron chi connectivity index (χ1n) is 8.73. The van der Waals surface area contributed by atoms with E-state index in [1.165, 1.54) is 5.56 Å². The van der Waals surface area contributed by atoms with Crippen molar-refractivity contribution in [2.24, 2.45) is 0 Å². The van der Waals surface area contributed by atoms with Crippen LogP contribution in [-0.4, -0.2) is 22.3 Å². The van der Waals surface area contributed by atoms with E-state index in [1.54, 1.807) is 5.19 Å². The molecule has 0 atom stereocenters. The summed E-state index contributed by atoms with van der Waals surface area (Å²) in [5.41, 5.74) is 6.47. The van der Waals surface area contributed by atoms with Gasteiger partial charge in [0.25, 0.3) is 0 Å². The molecule has 0 aliphatic carbocycles. The lowest BCUT2D eigenvalue weighted by atomic mass is 10.2. The molecule has 0 bridgehead atoms. The van der Waals surface area contributed by atoms with Crippen LogP contribution < -0.4 is 5.19 Å². The molecule has 0 N–H and O–H groups in total. The van der Waals surface area contributed by atoms with E-state index in [0.717, 1.165) is 5.56 Å². The van der Waals surface area contributed by atoms with E-state index in [-0.39, 0.29) is 0 Å². The largest absolute Gasteiger partial charge is 0.149 e. The van der Waals surface area contributed by atoms with Crippen molar-refractivity contribution in [3.8, 4) is 11.5 Å². The third-order valence-corrected chi connectivity index (χ3v) is 40.6. The fourth-order valence-electron chi connectivity index (χ4n) is 3.93. The Labute approximate surface area is 150 Å². The summed E-state index contributed by atoms with van der Waals surface area (Å²) in [4.78, 5) is 0. The van der Waals surface area contributed by atoms with Gasteiger partial charge in [0, 0.05) is 5.56 Å². The number of benzene rings is 2. The highest BCUT2D eigenvalue weighted by molar-refractivity contribution is 7.75. The maximum atomic E-state index is 3.98. The predicted molar refractivity (Wildman–Crippen MR) is 117 cm³/mol. The molecule has 0 aliphatic heterocycles. The van der Waals surface area contributed by atoms with Gasteiger partial charge < -0.3 is 0 Å². The standard InChI is InChI=1S/C21H30Si3/c1-19-13-15-21(16-14-19)24(22(2,3)4,23(5,6)7)18-17-20-11-9-8-10-12-20/h8-16H,1-7H3. The average molecular weight is 367 g/mol. The Morgan fingerprint density at radius 1 is 0.667 bits per heavy atom. The zero-order valence-electron chi connectivity index (χ0n) is 16.2. The lowest BCUT2D eigenvalue weighted by Crippen LogP contribution is -2.77. The maximum Gasteiger partial charge on any atom is 0.149 e. The van der Waals surface area contributed by atoms with Crippen molar-refractivity contribution in [1.82, 2.24) is 0 Å². The fraction of sp³-hybridized carbons (Fsp3) is 0.333. The van der Waals surface area contributed by atoms with E-state index < -0.39 is 22.3 Å². The Morgan fingerprint density at radius 2 is 1.17 bits per heavy atom. The van der Waals surface area contributed by atoms with Crippen LogP contribution in [0, 0.1) is 18.4 Å². The molecule has 0 aromatic heterocycles. The van der Waals surface area contributed by atoms with Gasteiger partial charge in [0.2, 0.25) is 0 Å². The number of aryl methyl sites for hydroxylation is 1. The van der Waals surface area contributed by atoms with Crippen molar-refractivity contribution >= 4 is 27.5 Å². The molecule has 0 saturated carbocycles. The van der Waals surface area contributed by atoms with E-state index in [9.17, 15) is 0 Å². The third-order valence-electron chi connectivity index (χ3n) is 4.90. The van der Waals surface area contributed by atoms with E-state index >= 15 is 0 Å². The zero-order chi connectivity index (χ0) is 18.0. The summed E-state index contributed by atoms with van der Waals surface area (Å²) in [6.07, 6.45) is 0. The topological polar surface area (TPSA) is 0 Å². The maximum absolute atomic E-state index is 3.98. The second kappa shape index (κ2) is 6.87. The first-order chi connectivity index (χ1) is 11.1.